The number of hydrogen-bond donors (Lipinski definition) is 1. The Morgan fingerprint density at radius 3 is 2.60 bits per heavy atom. The Morgan fingerprint density at radius 2 is 1.93 bits per heavy atom. The first-order valence-corrected chi connectivity index (χ1v) is 11.2. The van der Waals surface area contributed by atoms with E-state index < -0.39 is 26.6 Å². The van der Waals surface area contributed by atoms with E-state index in [1.807, 2.05) is 0 Å². The van der Waals surface area contributed by atoms with Gasteiger partial charge in [0.1, 0.15) is 22.3 Å². The van der Waals surface area contributed by atoms with Crippen molar-refractivity contribution >= 4 is 15.8 Å². The quantitative estimate of drug-likeness (QED) is 0.477. The Bertz CT molecular complexity index is 997. The minimum atomic E-state index is -4.13. The van der Waals surface area contributed by atoms with Crippen molar-refractivity contribution in [2.24, 2.45) is 0 Å². The number of hydrazine groups is 1. The van der Waals surface area contributed by atoms with Crippen molar-refractivity contribution in [3.8, 4) is 5.75 Å². The molecule has 1 N–H and O–H groups in total. The molecule has 2 aromatic carbocycles. The van der Waals surface area contributed by atoms with Crippen LogP contribution >= 0.6 is 0 Å². The van der Waals surface area contributed by atoms with Crippen molar-refractivity contribution in [3.05, 3.63) is 59.7 Å². The highest BCUT2D eigenvalue weighted by molar-refractivity contribution is 7.89. The van der Waals surface area contributed by atoms with E-state index in [0.29, 0.717) is 43.4 Å². The van der Waals surface area contributed by atoms with Crippen LogP contribution in [0.2, 0.25) is 0 Å². The normalized spacial score (nSPS) is 17.2. The summed E-state index contributed by atoms with van der Waals surface area (Å²) in [6, 6.07) is 9.25. The molecule has 1 fully saturated rings. The summed E-state index contributed by atoms with van der Waals surface area (Å²) in [6.45, 7) is 2.46. The molecule has 1 saturated heterocycles. The molecule has 6 nitrogen and oxygen atoms in total. The number of sulfonamides is 1. The fourth-order valence-corrected chi connectivity index (χ4v) is 4.66. The lowest BCUT2D eigenvalue weighted by atomic mass is 10.1. The van der Waals surface area contributed by atoms with Crippen LogP contribution < -0.4 is 9.57 Å². The highest BCUT2D eigenvalue weighted by Crippen LogP contribution is 2.23. The van der Waals surface area contributed by atoms with Gasteiger partial charge in [-0.2, -0.15) is 0 Å². The van der Waals surface area contributed by atoms with Gasteiger partial charge in [0, 0.05) is 24.2 Å². The molecule has 30 heavy (non-hydrogen) atoms. The number of ketones is 1. The summed E-state index contributed by atoms with van der Waals surface area (Å²) < 4.78 is 57.6. The van der Waals surface area contributed by atoms with Gasteiger partial charge in [0.05, 0.1) is 6.61 Å². The molecule has 9 heteroatoms. The number of carbonyl (C=O) groups excluding carboxylic acids is 1. The predicted molar refractivity (Wildman–Crippen MR) is 108 cm³/mol. The predicted octanol–water partition coefficient (Wildman–Crippen LogP) is 3.68. The van der Waals surface area contributed by atoms with Crippen LogP contribution in [0.4, 0.5) is 8.78 Å². The zero-order valence-electron chi connectivity index (χ0n) is 16.6. The first-order chi connectivity index (χ1) is 14.3. The number of hydrogen-bond acceptors (Lipinski definition) is 5. The summed E-state index contributed by atoms with van der Waals surface area (Å²) in [5.74, 6) is -1.30. The van der Waals surface area contributed by atoms with Crippen molar-refractivity contribution in [2.45, 2.75) is 43.5 Å². The lowest BCUT2D eigenvalue weighted by Crippen LogP contribution is -2.45. The number of Topliss-reactive ketones (excluding diaryl/α,β-unsaturated/α-hetero) is 1. The Morgan fingerprint density at radius 1 is 1.20 bits per heavy atom. The third-order valence-corrected chi connectivity index (χ3v) is 6.39. The lowest BCUT2D eigenvalue weighted by Gasteiger charge is -2.25. The second-order valence-electron chi connectivity index (χ2n) is 7.23. The molecule has 0 aliphatic carbocycles. The van der Waals surface area contributed by atoms with Crippen LogP contribution in [-0.4, -0.2) is 38.4 Å². The fourth-order valence-electron chi connectivity index (χ4n) is 3.45. The van der Waals surface area contributed by atoms with Crippen LogP contribution in [0.3, 0.4) is 0 Å². The smallest absolute Gasteiger partial charge is 0.256 e. The monoisotopic (exact) mass is 438 g/mol. The van der Waals surface area contributed by atoms with Gasteiger partial charge < -0.3 is 4.74 Å². The number of ether oxygens (including phenoxy) is 1. The van der Waals surface area contributed by atoms with E-state index in [9.17, 15) is 22.0 Å². The van der Waals surface area contributed by atoms with Crippen molar-refractivity contribution in [2.75, 3.05) is 13.2 Å². The van der Waals surface area contributed by atoms with Gasteiger partial charge in [0.2, 0.25) is 0 Å². The van der Waals surface area contributed by atoms with Crippen LogP contribution in [0.25, 0.3) is 0 Å². The fraction of sp³-hybridized carbons (Fsp3) is 0.381. The van der Waals surface area contributed by atoms with Gasteiger partial charge in [-0.05, 0) is 69.0 Å². The Balaban J connectivity index is 1.51. The van der Waals surface area contributed by atoms with Gasteiger partial charge in [-0.25, -0.2) is 22.2 Å². The largest absolute Gasteiger partial charge is 0.494 e. The number of carbonyl (C=O) groups is 1. The minimum Gasteiger partial charge on any atom is -0.494 e. The van der Waals surface area contributed by atoms with Gasteiger partial charge in [0.15, 0.2) is 5.78 Å². The first kappa shape index (κ1) is 22.3. The van der Waals surface area contributed by atoms with E-state index in [4.69, 9.17) is 4.74 Å². The second kappa shape index (κ2) is 9.63. The topological polar surface area (TPSA) is 75.7 Å². The first-order valence-electron chi connectivity index (χ1n) is 9.74. The number of nitrogens with zero attached hydrogens (tertiary/aromatic N) is 1. The average Bonchev–Trinajstić information content (AvgIpc) is 3.11. The molecule has 0 saturated carbocycles. The molecule has 0 spiro atoms. The Hall–Kier alpha value is -2.36. The third kappa shape index (κ3) is 5.62. The van der Waals surface area contributed by atoms with Crippen molar-refractivity contribution in [1.82, 2.24) is 9.84 Å². The molecule has 1 aliphatic heterocycles. The number of benzene rings is 2. The minimum absolute atomic E-state index is 0.00848. The third-order valence-electron chi connectivity index (χ3n) is 5.01. The molecule has 1 unspecified atom stereocenters. The van der Waals surface area contributed by atoms with Crippen LogP contribution in [0, 0.1) is 11.6 Å². The summed E-state index contributed by atoms with van der Waals surface area (Å²) in [5.41, 5.74) is 0.619. The standard InChI is InChI=1S/C21H24F2N2O4S/c1-15(26)16-6-9-19(10-7-16)29-13-3-5-18-4-2-12-25(18)24-30(27,28)21-11-8-17(22)14-20(21)23/h6-11,14,18,24H,2-5,12-13H2,1H3. The molecule has 0 aromatic heterocycles. The van der Waals surface area contributed by atoms with Crippen LogP contribution in [0.5, 0.6) is 5.75 Å². The van der Waals surface area contributed by atoms with Crippen molar-refractivity contribution in [1.29, 1.82) is 0 Å². The zero-order valence-corrected chi connectivity index (χ0v) is 17.4. The molecule has 2 aromatic rings. The zero-order chi connectivity index (χ0) is 21.7. The average molecular weight is 438 g/mol. The maximum absolute atomic E-state index is 13.9. The van der Waals surface area contributed by atoms with Gasteiger partial charge in [-0.15, -0.1) is 4.83 Å². The summed E-state index contributed by atoms with van der Waals surface area (Å²) in [5, 5.41) is 1.60. The molecule has 3 rings (SSSR count). The highest BCUT2D eigenvalue weighted by Gasteiger charge is 2.30. The van der Waals surface area contributed by atoms with Gasteiger partial charge in [-0.3, -0.25) is 4.79 Å². The molecule has 0 radical (unpaired) electrons. The van der Waals surface area contributed by atoms with Gasteiger partial charge in [0.25, 0.3) is 10.0 Å². The van der Waals surface area contributed by atoms with E-state index in [-0.39, 0.29) is 11.8 Å². The van der Waals surface area contributed by atoms with Crippen LogP contribution in [0.15, 0.2) is 47.4 Å². The van der Waals surface area contributed by atoms with E-state index in [0.717, 1.165) is 25.0 Å². The Labute approximate surface area is 174 Å². The summed E-state index contributed by atoms with van der Waals surface area (Å²) in [4.78, 5) is 13.1. The molecular formula is C21H24F2N2O4S. The lowest BCUT2D eigenvalue weighted by molar-refractivity contribution is 0.101. The molecular weight excluding hydrogens is 414 g/mol. The van der Waals surface area contributed by atoms with Crippen molar-refractivity contribution in [3.63, 3.8) is 0 Å². The molecule has 1 heterocycles. The summed E-state index contributed by atoms with van der Waals surface area (Å²) in [7, 11) is -4.13. The maximum Gasteiger partial charge on any atom is 0.256 e. The number of nitrogens with one attached hydrogen (secondary N) is 1. The molecule has 1 atom stereocenters. The SMILES string of the molecule is CC(=O)c1ccc(OCCCC2CCCN2NS(=O)(=O)c2ccc(F)cc2F)cc1. The highest BCUT2D eigenvalue weighted by atomic mass is 32.2. The second-order valence-corrected chi connectivity index (χ2v) is 8.86. The van der Waals surface area contributed by atoms with Crippen LogP contribution in [0.1, 0.15) is 43.0 Å². The molecule has 1 aliphatic rings. The molecule has 0 bridgehead atoms. The summed E-state index contributed by atoms with van der Waals surface area (Å²) in [6.07, 6.45) is 3.01. The van der Waals surface area contributed by atoms with E-state index in [2.05, 4.69) is 4.83 Å². The molecule has 162 valence electrons. The Kier molecular flexibility index (Phi) is 7.17. The number of rotatable bonds is 9. The molecule has 0 amide bonds. The maximum atomic E-state index is 13.9. The number of halogens is 2. The van der Waals surface area contributed by atoms with E-state index >= 15 is 0 Å². The van der Waals surface area contributed by atoms with E-state index in [1.165, 1.54) is 6.92 Å². The van der Waals surface area contributed by atoms with Gasteiger partial charge >= 0.3 is 0 Å². The van der Waals surface area contributed by atoms with Crippen molar-refractivity contribution < 1.29 is 26.7 Å². The van der Waals surface area contributed by atoms with Gasteiger partial charge in [-0.1, -0.05) is 0 Å². The summed E-state index contributed by atoms with van der Waals surface area (Å²) >= 11 is 0. The van der Waals surface area contributed by atoms with Crippen LogP contribution in [-0.2, 0) is 10.0 Å². The van der Waals surface area contributed by atoms with E-state index in [1.54, 1.807) is 29.3 Å².